The number of ether oxygens (including phenoxy) is 1. The Bertz CT molecular complexity index is 714. The number of aryl methyl sites for hydroxylation is 1. The molecule has 134 valence electrons. The summed E-state index contributed by atoms with van der Waals surface area (Å²) in [6, 6.07) is 13.8. The molecule has 0 saturated heterocycles. The number of benzene rings is 2. The predicted molar refractivity (Wildman–Crippen MR) is 102 cm³/mol. The summed E-state index contributed by atoms with van der Waals surface area (Å²) in [5, 5.41) is 16.8. The molecule has 5 nitrogen and oxygen atoms in total. The highest BCUT2D eigenvalue weighted by molar-refractivity contribution is 5.79. The van der Waals surface area contributed by atoms with Gasteiger partial charge in [-0.1, -0.05) is 43.3 Å². The first-order valence-electron chi connectivity index (χ1n) is 8.63. The molecule has 0 unspecified atom stereocenters. The topological polar surface area (TPSA) is 65.9 Å². The van der Waals surface area contributed by atoms with Crippen molar-refractivity contribution in [2.45, 2.75) is 33.4 Å². The zero-order valence-electron chi connectivity index (χ0n) is 15.2. The van der Waals surface area contributed by atoms with Gasteiger partial charge in [0.2, 0.25) is 0 Å². The Hall–Kier alpha value is -2.69. The van der Waals surface area contributed by atoms with Crippen LogP contribution in [0.25, 0.3) is 0 Å². The Labute approximate surface area is 149 Å². The van der Waals surface area contributed by atoms with E-state index >= 15 is 0 Å². The molecule has 0 heterocycles. The molecule has 2 aromatic rings. The molecule has 0 aliphatic heterocycles. The molecule has 0 atom stereocenters. The summed E-state index contributed by atoms with van der Waals surface area (Å²) >= 11 is 0. The standard InChI is InChI=1S/C20H27N3O2/c1-4-15-9-6-7-10-16(15)13-22-20(21-5-2)23-14-17-11-8-12-18(25-3)19(17)24/h6-12,24H,4-5,13-14H2,1-3H3,(H2,21,22,23). The van der Waals surface area contributed by atoms with Gasteiger partial charge in [0.1, 0.15) is 0 Å². The molecule has 3 N–H and O–H groups in total. The highest BCUT2D eigenvalue weighted by Crippen LogP contribution is 2.29. The number of rotatable bonds is 7. The monoisotopic (exact) mass is 341 g/mol. The molecule has 0 radical (unpaired) electrons. The molecule has 0 spiro atoms. The number of hydrogen-bond donors (Lipinski definition) is 3. The second-order valence-corrected chi connectivity index (χ2v) is 5.64. The molecule has 0 saturated carbocycles. The van der Waals surface area contributed by atoms with E-state index in [2.05, 4.69) is 46.8 Å². The summed E-state index contributed by atoms with van der Waals surface area (Å²) in [5.74, 6) is 1.32. The minimum atomic E-state index is 0.140. The summed E-state index contributed by atoms with van der Waals surface area (Å²) < 4.78 is 5.14. The van der Waals surface area contributed by atoms with Crippen LogP contribution < -0.4 is 15.4 Å². The predicted octanol–water partition coefficient (Wildman–Crippen LogP) is 3.22. The molecule has 0 aromatic heterocycles. The lowest BCUT2D eigenvalue weighted by atomic mass is 10.1. The Morgan fingerprint density at radius 1 is 1.00 bits per heavy atom. The fourth-order valence-electron chi connectivity index (χ4n) is 2.62. The maximum absolute atomic E-state index is 10.2. The van der Waals surface area contributed by atoms with E-state index in [1.807, 2.05) is 19.1 Å². The second-order valence-electron chi connectivity index (χ2n) is 5.64. The maximum Gasteiger partial charge on any atom is 0.191 e. The third-order valence-electron chi connectivity index (χ3n) is 4.00. The molecule has 2 rings (SSSR count). The van der Waals surface area contributed by atoms with Crippen LogP contribution in [-0.4, -0.2) is 24.7 Å². The summed E-state index contributed by atoms with van der Waals surface area (Å²) in [4.78, 5) is 4.57. The molecular formula is C20H27N3O2. The number of methoxy groups -OCH3 is 1. The number of nitrogens with zero attached hydrogens (tertiary/aromatic N) is 1. The molecule has 5 heteroatoms. The van der Waals surface area contributed by atoms with Crippen LogP contribution in [0.15, 0.2) is 47.5 Å². The number of aromatic hydroxyl groups is 1. The van der Waals surface area contributed by atoms with E-state index < -0.39 is 0 Å². The van der Waals surface area contributed by atoms with Gasteiger partial charge in [0.25, 0.3) is 0 Å². The van der Waals surface area contributed by atoms with Gasteiger partial charge < -0.3 is 20.5 Å². The molecule has 0 fully saturated rings. The number of nitrogens with one attached hydrogen (secondary N) is 2. The Morgan fingerprint density at radius 3 is 2.40 bits per heavy atom. The van der Waals surface area contributed by atoms with Crippen LogP contribution in [0.1, 0.15) is 30.5 Å². The van der Waals surface area contributed by atoms with E-state index in [9.17, 15) is 5.11 Å². The maximum atomic E-state index is 10.2. The van der Waals surface area contributed by atoms with Crippen molar-refractivity contribution in [1.29, 1.82) is 0 Å². The van der Waals surface area contributed by atoms with Gasteiger partial charge in [-0.2, -0.15) is 0 Å². The molecule has 0 bridgehead atoms. The number of phenolic OH excluding ortho intramolecular Hbond substituents is 1. The van der Waals surface area contributed by atoms with Crippen molar-refractivity contribution in [1.82, 2.24) is 10.6 Å². The third-order valence-corrected chi connectivity index (χ3v) is 4.00. The first-order chi connectivity index (χ1) is 12.2. The molecule has 0 amide bonds. The van der Waals surface area contributed by atoms with Gasteiger partial charge in [0.15, 0.2) is 17.5 Å². The highest BCUT2D eigenvalue weighted by Gasteiger charge is 2.07. The van der Waals surface area contributed by atoms with Crippen LogP contribution in [0.4, 0.5) is 0 Å². The van der Waals surface area contributed by atoms with E-state index in [4.69, 9.17) is 4.74 Å². The van der Waals surface area contributed by atoms with Gasteiger partial charge in [-0.3, -0.25) is 0 Å². The Balaban J connectivity index is 2.08. The van der Waals surface area contributed by atoms with Crippen LogP contribution in [0.3, 0.4) is 0 Å². The molecule has 0 aliphatic rings. The summed E-state index contributed by atoms with van der Waals surface area (Å²) in [7, 11) is 1.54. The van der Waals surface area contributed by atoms with E-state index in [-0.39, 0.29) is 5.75 Å². The van der Waals surface area contributed by atoms with Crippen LogP contribution in [0.2, 0.25) is 0 Å². The van der Waals surface area contributed by atoms with Gasteiger partial charge in [-0.25, -0.2) is 4.99 Å². The van der Waals surface area contributed by atoms with Crippen molar-refractivity contribution in [3.05, 3.63) is 59.2 Å². The highest BCUT2D eigenvalue weighted by atomic mass is 16.5. The largest absolute Gasteiger partial charge is 0.504 e. The second kappa shape index (κ2) is 9.57. The quantitative estimate of drug-likeness (QED) is 0.534. The summed E-state index contributed by atoms with van der Waals surface area (Å²) in [6.07, 6.45) is 1.00. The Morgan fingerprint density at radius 2 is 1.72 bits per heavy atom. The third kappa shape index (κ3) is 5.14. The number of aliphatic imine (C=N–C) groups is 1. The average molecular weight is 341 g/mol. The van der Waals surface area contributed by atoms with Crippen molar-refractivity contribution in [3.63, 3.8) is 0 Å². The van der Waals surface area contributed by atoms with E-state index in [1.165, 1.54) is 11.1 Å². The lowest BCUT2D eigenvalue weighted by Gasteiger charge is -2.14. The molecule has 2 aromatic carbocycles. The van der Waals surface area contributed by atoms with E-state index in [1.54, 1.807) is 13.2 Å². The van der Waals surface area contributed by atoms with Crippen LogP contribution in [0, 0.1) is 0 Å². The number of hydrogen-bond acceptors (Lipinski definition) is 3. The molecular weight excluding hydrogens is 314 g/mol. The zero-order chi connectivity index (χ0) is 18.1. The fraction of sp³-hybridized carbons (Fsp3) is 0.350. The van der Waals surface area contributed by atoms with Crippen molar-refractivity contribution < 1.29 is 9.84 Å². The SMILES string of the molecule is CCNC(=NCc1cccc(OC)c1O)NCc1ccccc1CC. The van der Waals surface area contributed by atoms with Crippen molar-refractivity contribution in [3.8, 4) is 11.5 Å². The number of phenols is 1. The lowest BCUT2D eigenvalue weighted by Crippen LogP contribution is -2.37. The van der Waals surface area contributed by atoms with Crippen molar-refractivity contribution in [2.24, 2.45) is 4.99 Å². The normalized spacial score (nSPS) is 11.2. The first kappa shape index (κ1) is 18.6. The van der Waals surface area contributed by atoms with Crippen LogP contribution >= 0.6 is 0 Å². The fourth-order valence-corrected chi connectivity index (χ4v) is 2.62. The zero-order valence-corrected chi connectivity index (χ0v) is 15.2. The van der Waals surface area contributed by atoms with Crippen LogP contribution in [-0.2, 0) is 19.5 Å². The van der Waals surface area contributed by atoms with E-state index in [0.29, 0.717) is 18.8 Å². The minimum absolute atomic E-state index is 0.140. The van der Waals surface area contributed by atoms with Gasteiger partial charge in [-0.15, -0.1) is 0 Å². The van der Waals surface area contributed by atoms with E-state index in [0.717, 1.165) is 24.5 Å². The summed E-state index contributed by atoms with van der Waals surface area (Å²) in [5.41, 5.74) is 3.32. The smallest absolute Gasteiger partial charge is 0.191 e. The van der Waals surface area contributed by atoms with Crippen molar-refractivity contribution >= 4 is 5.96 Å². The van der Waals surface area contributed by atoms with Crippen LogP contribution in [0.5, 0.6) is 11.5 Å². The average Bonchev–Trinajstić information content (AvgIpc) is 2.65. The van der Waals surface area contributed by atoms with Gasteiger partial charge in [0, 0.05) is 18.7 Å². The number of guanidine groups is 1. The number of para-hydroxylation sites is 1. The molecule has 25 heavy (non-hydrogen) atoms. The van der Waals surface area contributed by atoms with Gasteiger partial charge in [0.05, 0.1) is 13.7 Å². The molecule has 0 aliphatic carbocycles. The lowest BCUT2D eigenvalue weighted by molar-refractivity contribution is 0.370. The summed E-state index contributed by atoms with van der Waals surface area (Å²) in [6.45, 7) is 6.03. The van der Waals surface area contributed by atoms with Gasteiger partial charge >= 0.3 is 0 Å². The first-order valence-corrected chi connectivity index (χ1v) is 8.63. The minimum Gasteiger partial charge on any atom is -0.504 e. The van der Waals surface area contributed by atoms with Gasteiger partial charge in [-0.05, 0) is 30.5 Å². The Kier molecular flexibility index (Phi) is 7.14. The van der Waals surface area contributed by atoms with Crippen molar-refractivity contribution in [2.75, 3.05) is 13.7 Å².